The Hall–Kier alpha value is -2.42. The molecule has 1 N–H and O–H groups in total. The number of allylic oxidation sites excluding steroid dienone is 4. The second-order valence-corrected chi connectivity index (χ2v) is 15.7. The molecule has 212 valence electrons. The predicted molar refractivity (Wildman–Crippen MR) is 151 cm³/mol. The Morgan fingerprint density at radius 1 is 1.00 bits per heavy atom. The summed E-state index contributed by atoms with van der Waals surface area (Å²) in [5.41, 5.74) is -0.199. The topological polar surface area (TPSA) is 90.3 Å². The van der Waals surface area contributed by atoms with Crippen molar-refractivity contribution in [2.24, 2.45) is 50.7 Å². The number of fused-ring (bicyclic) bond motifs is 7. The van der Waals surface area contributed by atoms with Crippen molar-refractivity contribution in [3.05, 3.63) is 23.3 Å². The summed E-state index contributed by atoms with van der Waals surface area (Å²) in [6.07, 6.45) is 9.53. The van der Waals surface area contributed by atoms with E-state index in [0.29, 0.717) is 0 Å². The molecule has 0 unspecified atom stereocenters. The molecular formula is C33H47N3O3. The Morgan fingerprint density at radius 3 is 2.28 bits per heavy atom. The number of nitrogens with zero attached hydrogens (tertiary/aromatic N) is 2. The Kier molecular flexibility index (Phi) is 6.16. The minimum Gasteiger partial charge on any atom is -0.335 e. The fraction of sp³-hybridized carbons (Fsp3) is 0.758. The lowest BCUT2D eigenvalue weighted by atomic mass is 9.35. The third kappa shape index (κ3) is 3.74. The van der Waals surface area contributed by atoms with Crippen LogP contribution in [0, 0.1) is 62.1 Å². The van der Waals surface area contributed by atoms with Crippen LogP contribution in [0.15, 0.2) is 23.3 Å². The molecule has 6 nitrogen and oxygen atoms in total. The number of amides is 2. The summed E-state index contributed by atoms with van der Waals surface area (Å²) in [5, 5.41) is 13.2. The van der Waals surface area contributed by atoms with Gasteiger partial charge in [0, 0.05) is 36.9 Å². The highest BCUT2D eigenvalue weighted by Crippen LogP contribution is 2.73. The van der Waals surface area contributed by atoms with Crippen molar-refractivity contribution in [3.8, 4) is 6.07 Å². The van der Waals surface area contributed by atoms with E-state index in [-0.39, 0.29) is 69.1 Å². The van der Waals surface area contributed by atoms with Crippen molar-refractivity contribution < 1.29 is 14.4 Å². The average molecular weight is 534 g/mol. The van der Waals surface area contributed by atoms with Gasteiger partial charge in [-0.2, -0.15) is 5.26 Å². The Labute approximate surface area is 234 Å². The van der Waals surface area contributed by atoms with Crippen LogP contribution >= 0.6 is 0 Å². The molecule has 6 heteroatoms. The van der Waals surface area contributed by atoms with Crippen LogP contribution in [-0.4, -0.2) is 42.6 Å². The van der Waals surface area contributed by atoms with Crippen LogP contribution in [0.25, 0.3) is 0 Å². The van der Waals surface area contributed by atoms with Crippen LogP contribution < -0.4 is 5.32 Å². The third-order valence-corrected chi connectivity index (χ3v) is 12.4. The SMILES string of the molecule is CN(C)C(=O)N[C@@H]1CC(C)(C)C[C@H]2[C@@H]1CC[C@]1(C)[C@@H]2C(=O)C=C2[C@@]3(C)C=C(C#N)C(=O)C(C)(C)[C@@H]3CC[C@]21C. The molecule has 0 radical (unpaired) electrons. The molecule has 39 heavy (non-hydrogen) atoms. The van der Waals surface area contributed by atoms with Crippen LogP contribution in [0.3, 0.4) is 0 Å². The Balaban J connectivity index is 1.61. The number of ketones is 2. The maximum absolute atomic E-state index is 14.4. The van der Waals surface area contributed by atoms with Gasteiger partial charge in [-0.25, -0.2) is 4.79 Å². The minimum absolute atomic E-state index is 0.0245. The lowest BCUT2D eigenvalue weighted by Gasteiger charge is -2.68. The minimum atomic E-state index is -0.652. The first kappa shape index (κ1) is 28.1. The van der Waals surface area contributed by atoms with E-state index in [9.17, 15) is 19.6 Å². The molecule has 0 aromatic heterocycles. The summed E-state index contributed by atoms with van der Waals surface area (Å²) >= 11 is 0. The zero-order chi connectivity index (χ0) is 28.9. The fourth-order valence-electron chi connectivity index (χ4n) is 10.4. The molecular weight excluding hydrogens is 486 g/mol. The van der Waals surface area contributed by atoms with E-state index >= 15 is 0 Å². The van der Waals surface area contributed by atoms with Gasteiger partial charge in [0.25, 0.3) is 0 Å². The van der Waals surface area contributed by atoms with Gasteiger partial charge in [-0.15, -0.1) is 0 Å². The van der Waals surface area contributed by atoms with Gasteiger partial charge in [0.15, 0.2) is 11.6 Å². The molecule has 0 spiro atoms. The van der Waals surface area contributed by atoms with Crippen molar-refractivity contribution in [3.63, 3.8) is 0 Å². The molecule has 3 fully saturated rings. The highest BCUT2D eigenvalue weighted by molar-refractivity contribution is 6.04. The number of hydrogen-bond acceptors (Lipinski definition) is 4. The van der Waals surface area contributed by atoms with E-state index in [1.165, 1.54) is 0 Å². The molecule has 0 aromatic rings. The lowest BCUT2D eigenvalue weighted by Crippen LogP contribution is -2.65. The van der Waals surface area contributed by atoms with E-state index < -0.39 is 10.8 Å². The predicted octanol–water partition coefficient (Wildman–Crippen LogP) is 6.09. The Morgan fingerprint density at radius 2 is 1.67 bits per heavy atom. The largest absolute Gasteiger partial charge is 0.335 e. The average Bonchev–Trinajstić information content (AvgIpc) is 2.82. The van der Waals surface area contributed by atoms with Gasteiger partial charge in [-0.05, 0) is 78.6 Å². The Bertz CT molecular complexity index is 1230. The maximum atomic E-state index is 14.4. The highest BCUT2D eigenvalue weighted by Gasteiger charge is 2.68. The number of hydrogen-bond donors (Lipinski definition) is 1. The zero-order valence-corrected chi connectivity index (χ0v) is 25.4. The van der Waals surface area contributed by atoms with Crippen LogP contribution in [0.4, 0.5) is 4.79 Å². The molecule has 0 heterocycles. The molecule has 2 amide bonds. The van der Waals surface area contributed by atoms with Gasteiger partial charge < -0.3 is 10.2 Å². The van der Waals surface area contributed by atoms with Gasteiger partial charge >= 0.3 is 6.03 Å². The normalized spacial score (nSPS) is 43.8. The number of carbonyl (C=O) groups is 3. The van der Waals surface area contributed by atoms with Crippen molar-refractivity contribution in [1.82, 2.24) is 10.2 Å². The zero-order valence-electron chi connectivity index (χ0n) is 25.4. The van der Waals surface area contributed by atoms with Crippen LogP contribution in [-0.2, 0) is 9.59 Å². The standard InChI is InChI=1S/C33H47N3O3/c1-29(2)16-21-20(22(17-29)35-28(39)36(8)9)10-12-33(7)26(21)23(37)14-25-31(5)15-19(18-34)27(38)30(3,4)24(31)11-13-32(25,33)6/h14-15,20-22,24,26H,10-13,16-17H2,1-9H3,(H,35,39)/t20-,21-,22+,24-,26-,31-,32+,33+/m0/s1. The summed E-state index contributed by atoms with van der Waals surface area (Å²) in [7, 11) is 3.56. The molecule has 5 rings (SSSR count). The van der Waals surface area contributed by atoms with Crippen molar-refractivity contribution >= 4 is 17.6 Å². The molecule has 0 aliphatic heterocycles. The van der Waals surface area contributed by atoms with E-state index in [0.717, 1.165) is 44.1 Å². The van der Waals surface area contributed by atoms with E-state index in [2.05, 4.69) is 46.0 Å². The van der Waals surface area contributed by atoms with Gasteiger partial charge in [-0.1, -0.05) is 60.1 Å². The molecule has 3 saturated carbocycles. The molecule has 5 aliphatic carbocycles. The fourth-order valence-corrected chi connectivity index (χ4v) is 10.4. The van der Waals surface area contributed by atoms with Gasteiger partial charge in [0.1, 0.15) is 6.07 Å². The monoisotopic (exact) mass is 533 g/mol. The first-order valence-corrected chi connectivity index (χ1v) is 14.8. The molecule has 0 aromatic carbocycles. The summed E-state index contributed by atoms with van der Waals surface area (Å²) < 4.78 is 0. The number of Topliss-reactive ketones (excluding diaryl/α,β-unsaturated/α-hetero) is 1. The smallest absolute Gasteiger partial charge is 0.317 e. The van der Waals surface area contributed by atoms with Crippen LogP contribution in [0.1, 0.15) is 87.0 Å². The molecule has 5 aliphatic rings. The van der Waals surface area contributed by atoms with Gasteiger partial charge in [-0.3, -0.25) is 9.59 Å². The first-order valence-electron chi connectivity index (χ1n) is 14.8. The summed E-state index contributed by atoms with van der Waals surface area (Å²) in [4.78, 5) is 42.0. The van der Waals surface area contributed by atoms with Crippen molar-refractivity contribution in [2.75, 3.05) is 14.1 Å². The third-order valence-electron chi connectivity index (χ3n) is 12.4. The van der Waals surface area contributed by atoms with Crippen LogP contribution in [0.5, 0.6) is 0 Å². The van der Waals surface area contributed by atoms with Crippen molar-refractivity contribution in [2.45, 2.75) is 93.0 Å². The summed E-state index contributed by atoms with van der Waals surface area (Å²) in [5.74, 6) is 0.587. The second kappa shape index (κ2) is 8.54. The highest BCUT2D eigenvalue weighted by atomic mass is 16.2. The van der Waals surface area contributed by atoms with Crippen LogP contribution in [0.2, 0.25) is 0 Å². The number of urea groups is 1. The van der Waals surface area contributed by atoms with Gasteiger partial charge in [0.05, 0.1) is 5.57 Å². The van der Waals surface area contributed by atoms with E-state index in [1.54, 1.807) is 19.0 Å². The number of nitriles is 1. The summed E-state index contributed by atoms with van der Waals surface area (Å²) in [6.45, 7) is 15.4. The molecule has 8 atom stereocenters. The number of carbonyl (C=O) groups excluding carboxylic acids is 3. The second-order valence-electron chi connectivity index (χ2n) is 15.7. The quantitative estimate of drug-likeness (QED) is 0.442. The number of rotatable bonds is 1. The maximum Gasteiger partial charge on any atom is 0.317 e. The van der Waals surface area contributed by atoms with Crippen molar-refractivity contribution in [1.29, 1.82) is 5.26 Å². The number of nitrogens with one attached hydrogen (secondary N) is 1. The lowest BCUT2D eigenvalue weighted by molar-refractivity contribution is -0.157. The molecule has 0 saturated heterocycles. The van der Waals surface area contributed by atoms with E-state index in [1.807, 2.05) is 26.0 Å². The first-order chi connectivity index (χ1) is 17.9. The molecule has 0 bridgehead atoms. The summed E-state index contributed by atoms with van der Waals surface area (Å²) in [6, 6.07) is 2.19. The van der Waals surface area contributed by atoms with Gasteiger partial charge in [0.2, 0.25) is 0 Å². The van der Waals surface area contributed by atoms with E-state index in [4.69, 9.17) is 0 Å².